The number of anilines is 2. The van der Waals surface area contributed by atoms with E-state index in [0.717, 1.165) is 5.56 Å². The Kier molecular flexibility index (Phi) is 9.00. The Morgan fingerprint density at radius 1 is 1.00 bits per heavy atom. The lowest BCUT2D eigenvalue weighted by Crippen LogP contribution is -2.32. The first-order valence-corrected chi connectivity index (χ1v) is 11.7. The average molecular weight is 508 g/mol. The fourth-order valence-electron chi connectivity index (χ4n) is 3.19. The molecule has 0 aliphatic rings. The van der Waals surface area contributed by atoms with Crippen molar-refractivity contribution < 1.29 is 14.3 Å². The quantitative estimate of drug-likeness (QED) is 0.260. The van der Waals surface area contributed by atoms with E-state index < -0.39 is 0 Å². The van der Waals surface area contributed by atoms with Crippen LogP contribution in [0.25, 0.3) is 6.08 Å². The van der Waals surface area contributed by atoms with Crippen LogP contribution in [0.2, 0.25) is 5.02 Å². The molecule has 0 radical (unpaired) electrons. The number of carbonyl (C=O) groups is 2. The van der Waals surface area contributed by atoms with Gasteiger partial charge in [0.25, 0.3) is 5.91 Å². The van der Waals surface area contributed by atoms with Crippen LogP contribution in [0.1, 0.15) is 41.3 Å². The highest BCUT2D eigenvalue weighted by Gasteiger charge is 2.13. The smallest absolute Gasteiger partial charge is 0.257 e. The van der Waals surface area contributed by atoms with Gasteiger partial charge in [-0.05, 0) is 59.6 Å². The van der Waals surface area contributed by atoms with Gasteiger partial charge in [-0.2, -0.15) is 0 Å². The van der Waals surface area contributed by atoms with Crippen molar-refractivity contribution in [1.82, 2.24) is 5.32 Å². The number of rotatable bonds is 7. The number of hydrogen-bond donors (Lipinski definition) is 3. The van der Waals surface area contributed by atoms with Gasteiger partial charge in [-0.1, -0.05) is 61.8 Å². The molecule has 6 nitrogen and oxygen atoms in total. The predicted molar refractivity (Wildman–Crippen MR) is 146 cm³/mol. The summed E-state index contributed by atoms with van der Waals surface area (Å²) in [6, 6.07) is 19.8. The lowest BCUT2D eigenvalue weighted by Gasteiger charge is -2.14. The van der Waals surface area contributed by atoms with E-state index in [2.05, 4.69) is 29.8 Å². The summed E-state index contributed by atoms with van der Waals surface area (Å²) in [4.78, 5) is 24.8. The van der Waals surface area contributed by atoms with E-state index in [-0.39, 0.29) is 16.9 Å². The van der Waals surface area contributed by atoms with Gasteiger partial charge in [-0.15, -0.1) is 0 Å². The van der Waals surface area contributed by atoms with Gasteiger partial charge in [0, 0.05) is 17.8 Å². The predicted octanol–water partition coefficient (Wildman–Crippen LogP) is 6.25. The topological polar surface area (TPSA) is 79.5 Å². The molecule has 0 fully saturated rings. The minimum Gasteiger partial charge on any atom is -0.494 e. The molecule has 3 rings (SSSR count). The molecule has 0 saturated heterocycles. The summed E-state index contributed by atoms with van der Waals surface area (Å²) >= 11 is 11.3. The maximum atomic E-state index is 12.6. The van der Waals surface area contributed by atoms with Crippen LogP contribution in [0.15, 0.2) is 72.8 Å². The Morgan fingerprint density at radius 3 is 2.37 bits per heavy atom. The zero-order valence-corrected chi connectivity index (χ0v) is 21.2. The van der Waals surface area contributed by atoms with Gasteiger partial charge < -0.3 is 15.4 Å². The molecule has 0 heterocycles. The SMILES string of the molecule is COc1cc(NC(=S)NC(=O)/C=C/c2ccc(C(C)C)cc2)ccc1NC(=O)c1ccccc1Cl. The van der Waals surface area contributed by atoms with E-state index >= 15 is 0 Å². The van der Waals surface area contributed by atoms with Gasteiger partial charge in [-0.3, -0.25) is 14.9 Å². The molecule has 0 aliphatic heterocycles. The first kappa shape index (κ1) is 25.9. The van der Waals surface area contributed by atoms with Crippen molar-refractivity contribution in [1.29, 1.82) is 0 Å². The van der Waals surface area contributed by atoms with Crippen molar-refractivity contribution in [3.63, 3.8) is 0 Å². The Hall–Kier alpha value is -3.68. The van der Waals surface area contributed by atoms with Crippen molar-refractivity contribution in [2.45, 2.75) is 19.8 Å². The molecule has 0 saturated carbocycles. The van der Waals surface area contributed by atoms with Crippen LogP contribution < -0.4 is 20.7 Å². The monoisotopic (exact) mass is 507 g/mol. The molecular formula is C27H26ClN3O3S. The Morgan fingerprint density at radius 2 is 1.71 bits per heavy atom. The molecule has 3 aromatic rings. The van der Waals surface area contributed by atoms with Crippen molar-refractivity contribution in [3.05, 3.63) is 94.5 Å². The van der Waals surface area contributed by atoms with E-state index in [1.165, 1.54) is 18.7 Å². The number of thiocarbonyl (C=S) groups is 1. The normalized spacial score (nSPS) is 10.8. The molecule has 0 spiro atoms. The summed E-state index contributed by atoms with van der Waals surface area (Å²) in [6.07, 6.45) is 3.15. The van der Waals surface area contributed by atoms with Gasteiger partial charge in [0.15, 0.2) is 5.11 Å². The number of halogens is 1. The molecule has 3 N–H and O–H groups in total. The first-order valence-electron chi connectivity index (χ1n) is 10.9. The van der Waals surface area contributed by atoms with Crippen molar-refractivity contribution in [3.8, 4) is 5.75 Å². The second-order valence-electron chi connectivity index (χ2n) is 7.95. The van der Waals surface area contributed by atoms with Crippen LogP contribution in [0.5, 0.6) is 5.75 Å². The molecule has 0 bridgehead atoms. The largest absolute Gasteiger partial charge is 0.494 e. The van der Waals surface area contributed by atoms with Crippen LogP contribution in [-0.2, 0) is 4.79 Å². The van der Waals surface area contributed by atoms with Gasteiger partial charge in [0.1, 0.15) is 5.75 Å². The molecule has 3 aromatic carbocycles. The number of carbonyl (C=O) groups excluding carboxylic acids is 2. The van der Waals surface area contributed by atoms with Crippen molar-refractivity contribution >= 4 is 58.2 Å². The fourth-order valence-corrected chi connectivity index (χ4v) is 3.63. The second kappa shape index (κ2) is 12.1. The molecule has 2 amide bonds. The van der Waals surface area contributed by atoms with E-state index in [9.17, 15) is 9.59 Å². The third kappa shape index (κ3) is 7.40. The van der Waals surface area contributed by atoms with Crippen LogP contribution in [0.3, 0.4) is 0 Å². The average Bonchev–Trinajstić information content (AvgIpc) is 2.84. The summed E-state index contributed by atoms with van der Waals surface area (Å²) < 4.78 is 5.40. The minimum absolute atomic E-state index is 0.129. The molecule has 8 heteroatoms. The zero-order valence-electron chi connectivity index (χ0n) is 19.6. The third-order valence-electron chi connectivity index (χ3n) is 5.09. The van der Waals surface area contributed by atoms with Crippen LogP contribution in [-0.4, -0.2) is 24.0 Å². The molecule has 180 valence electrons. The van der Waals surface area contributed by atoms with E-state index in [0.29, 0.717) is 33.6 Å². The number of methoxy groups -OCH3 is 1. The molecule has 35 heavy (non-hydrogen) atoms. The van der Waals surface area contributed by atoms with Crippen LogP contribution in [0, 0.1) is 0 Å². The summed E-state index contributed by atoms with van der Waals surface area (Å²) in [5.74, 6) is 0.148. The van der Waals surface area contributed by atoms with Crippen molar-refractivity contribution in [2.75, 3.05) is 17.7 Å². The highest BCUT2D eigenvalue weighted by molar-refractivity contribution is 7.80. The Balaban J connectivity index is 1.59. The lowest BCUT2D eigenvalue weighted by atomic mass is 10.0. The molecular weight excluding hydrogens is 482 g/mol. The standard InChI is InChI=1S/C27H26ClN3O3S/c1-17(2)19-11-8-18(9-12-19)10-15-25(32)31-27(35)29-20-13-14-23(24(16-20)34-3)30-26(33)21-6-4-5-7-22(21)28/h4-17H,1-3H3,(H,30,33)(H2,29,31,32,35)/b15-10+. The Bertz CT molecular complexity index is 1260. The summed E-state index contributed by atoms with van der Waals surface area (Å²) in [5.41, 5.74) is 3.55. The van der Waals surface area contributed by atoms with Gasteiger partial charge in [-0.25, -0.2) is 0 Å². The highest BCUT2D eigenvalue weighted by atomic mass is 35.5. The molecule has 0 aliphatic carbocycles. The molecule has 0 atom stereocenters. The zero-order chi connectivity index (χ0) is 25.4. The van der Waals surface area contributed by atoms with Gasteiger partial charge >= 0.3 is 0 Å². The summed E-state index contributed by atoms with van der Waals surface area (Å²) in [6.45, 7) is 4.26. The lowest BCUT2D eigenvalue weighted by molar-refractivity contribution is -0.115. The fraction of sp³-hybridized carbons (Fsp3) is 0.148. The maximum absolute atomic E-state index is 12.6. The minimum atomic E-state index is -0.358. The molecule has 0 aromatic heterocycles. The summed E-state index contributed by atoms with van der Waals surface area (Å²) in [7, 11) is 1.49. The third-order valence-corrected chi connectivity index (χ3v) is 5.63. The molecule has 0 unspecified atom stereocenters. The number of benzene rings is 3. The van der Waals surface area contributed by atoms with Gasteiger partial charge in [0.2, 0.25) is 5.91 Å². The second-order valence-corrected chi connectivity index (χ2v) is 8.76. The van der Waals surface area contributed by atoms with E-state index in [4.69, 9.17) is 28.6 Å². The highest BCUT2D eigenvalue weighted by Crippen LogP contribution is 2.29. The van der Waals surface area contributed by atoms with Crippen molar-refractivity contribution in [2.24, 2.45) is 0 Å². The van der Waals surface area contributed by atoms with Gasteiger partial charge in [0.05, 0.1) is 23.4 Å². The van der Waals surface area contributed by atoms with E-state index in [1.807, 2.05) is 24.3 Å². The number of ether oxygens (including phenoxy) is 1. The first-order chi connectivity index (χ1) is 16.8. The van der Waals surface area contributed by atoms with E-state index in [1.54, 1.807) is 48.5 Å². The Labute approximate surface area is 215 Å². The number of nitrogens with one attached hydrogen (secondary N) is 3. The number of hydrogen-bond acceptors (Lipinski definition) is 4. The number of amides is 2. The van der Waals surface area contributed by atoms with Crippen LogP contribution >= 0.6 is 23.8 Å². The maximum Gasteiger partial charge on any atom is 0.257 e. The summed E-state index contributed by atoms with van der Waals surface area (Å²) in [5, 5.41) is 8.81. The van der Waals surface area contributed by atoms with Crippen LogP contribution in [0.4, 0.5) is 11.4 Å².